The SMILES string of the molecule is Fc1ccc2c(c1)OC(c1ccc(Br)cc1)CO2. The molecule has 2 nitrogen and oxygen atoms in total. The number of hydrogen-bond donors (Lipinski definition) is 0. The summed E-state index contributed by atoms with van der Waals surface area (Å²) in [4.78, 5) is 0. The van der Waals surface area contributed by atoms with Gasteiger partial charge in [-0.2, -0.15) is 0 Å². The van der Waals surface area contributed by atoms with Gasteiger partial charge in [0.2, 0.25) is 0 Å². The van der Waals surface area contributed by atoms with E-state index in [0.717, 1.165) is 10.0 Å². The Morgan fingerprint density at radius 2 is 1.83 bits per heavy atom. The zero-order chi connectivity index (χ0) is 12.5. The van der Waals surface area contributed by atoms with E-state index in [-0.39, 0.29) is 11.9 Å². The second-order valence-corrected chi connectivity index (χ2v) is 4.98. The summed E-state index contributed by atoms with van der Waals surface area (Å²) < 4.78 is 25.5. The van der Waals surface area contributed by atoms with E-state index in [0.29, 0.717) is 18.1 Å². The molecule has 0 saturated carbocycles. The summed E-state index contributed by atoms with van der Waals surface area (Å²) in [6.45, 7) is 0.431. The van der Waals surface area contributed by atoms with Gasteiger partial charge >= 0.3 is 0 Å². The van der Waals surface area contributed by atoms with Gasteiger partial charge in [-0.3, -0.25) is 0 Å². The molecule has 1 heterocycles. The van der Waals surface area contributed by atoms with E-state index in [4.69, 9.17) is 9.47 Å². The molecule has 92 valence electrons. The molecule has 1 aliphatic rings. The molecule has 2 aromatic rings. The number of benzene rings is 2. The van der Waals surface area contributed by atoms with Crippen LogP contribution in [0.2, 0.25) is 0 Å². The highest BCUT2D eigenvalue weighted by Crippen LogP contribution is 2.36. The molecule has 1 unspecified atom stereocenters. The lowest BCUT2D eigenvalue weighted by molar-refractivity contribution is 0.0907. The molecule has 0 fully saturated rings. The maximum absolute atomic E-state index is 13.1. The van der Waals surface area contributed by atoms with Crippen molar-refractivity contribution < 1.29 is 13.9 Å². The lowest BCUT2D eigenvalue weighted by Crippen LogP contribution is -2.21. The third-order valence-corrected chi connectivity index (χ3v) is 3.34. The topological polar surface area (TPSA) is 18.5 Å². The van der Waals surface area contributed by atoms with Gasteiger partial charge in [0.15, 0.2) is 17.6 Å². The second kappa shape index (κ2) is 4.61. The Balaban J connectivity index is 1.88. The van der Waals surface area contributed by atoms with Crippen molar-refractivity contribution >= 4 is 15.9 Å². The van der Waals surface area contributed by atoms with Crippen LogP contribution in [0.25, 0.3) is 0 Å². The Kier molecular flexibility index (Phi) is 2.96. The first-order valence-electron chi connectivity index (χ1n) is 5.57. The van der Waals surface area contributed by atoms with Crippen molar-refractivity contribution in [2.24, 2.45) is 0 Å². The summed E-state index contributed by atoms with van der Waals surface area (Å²) in [6, 6.07) is 12.1. The number of hydrogen-bond acceptors (Lipinski definition) is 2. The molecule has 2 aromatic carbocycles. The Morgan fingerprint density at radius 1 is 1.06 bits per heavy atom. The first kappa shape index (κ1) is 11.5. The number of ether oxygens (including phenoxy) is 2. The van der Waals surface area contributed by atoms with Gasteiger partial charge in [0, 0.05) is 10.5 Å². The summed E-state index contributed by atoms with van der Waals surface area (Å²) in [6.07, 6.45) is -0.201. The standard InChI is InChI=1S/C14H10BrFO2/c15-10-3-1-9(2-4-10)14-8-17-12-6-5-11(16)7-13(12)18-14/h1-7,14H,8H2. The van der Waals surface area contributed by atoms with Crippen LogP contribution >= 0.6 is 15.9 Å². The van der Waals surface area contributed by atoms with Gasteiger partial charge in [0.05, 0.1) is 0 Å². The third kappa shape index (κ3) is 2.20. The van der Waals surface area contributed by atoms with Crippen LogP contribution in [-0.4, -0.2) is 6.61 Å². The van der Waals surface area contributed by atoms with E-state index in [2.05, 4.69) is 15.9 Å². The van der Waals surface area contributed by atoms with Crippen LogP contribution in [0.4, 0.5) is 4.39 Å². The minimum atomic E-state index is -0.325. The quantitative estimate of drug-likeness (QED) is 0.789. The van der Waals surface area contributed by atoms with E-state index < -0.39 is 0 Å². The molecule has 1 atom stereocenters. The van der Waals surface area contributed by atoms with Crippen LogP contribution in [-0.2, 0) is 0 Å². The summed E-state index contributed by atoms with van der Waals surface area (Å²) >= 11 is 3.38. The predicted octanol–water partition coefficient (Wildman–Crippen LogP) is 4.10. The minimum Gasteiger partial charge on any atom is -0.485 e. The van der Waals surface area contributed by atoms with Crippen molar-refractivity contribution in [3.63, 3.8) is 0 Å². The average Bonchev–Trinajstić information content (AvgIpc) is 2.38. The van der Waals surface area contributed by atoms with Crippen molar-refractivity contribution in [2.75, 3.05) is 6.61 Å². The predicted molar refractivity (Wildman–Crippen MR) is 69.4 cm³/mol. The van der Waals surface area contributed by atoms with E-state index in [1.807, 2.05) is 24.3 Å². The fourth-order valence-corrected chi connectivity index (χ4v) is 2.15. The Bertz CT molecular complexity index is 569. The highest BCUT2D eigenvalue weighted by Gasteiger charge is 2.22. The summed E-state index contributed by atoms with van der Waals surface area (Å²) in [7, 11) is 0. The molecule has 0 amide bonds. The normalized spacial score (nSPS) is 17.6. The van der Waals surface area contributed by atoms with Gasteiger partial charge in [-0.05, 0) is 29.8 Å². The lowest BCUT2D eigenvalue weighted by Gasteiger charge is -2.26. The molecule has 0 radical (unpaired) electrons. The molecule has 0 spiro atoms. The zero-order valence-electron chi connectivity index (χ0n) is 9.40. The second-order valence-electron chi connectivity index (χ2n) is 4.06. The summed E-state index contributed by atoms with van der Waals surface area (Å²) in [5, 5.41) is 0. The zero-order valence-corrected chi connectivity index (χ0v) is 11.0. The van der Waals surface area contributed by atoms with Gasteiger partial charge in [-0.25, -0.2) is 4.39 Å². The lowest BCUT2D eigenvalue weighted by atomic mass is 10.1. The minimum absolute atomic E-state index is 0.201. The third-order valence-electron chi connectivity index (χ3n) is 2.81. The average molecular weight is 309 g/mol. The Hall–Kier alpha value is -1.55. The molecule has 4 heteroatoms. The van der Waals surface area contributed by atoms with Crippen molar-refractivity contribution in [1.82, 2.24) is 0 Å². The van der Waals surface area contributed by atoms with Crippen molar-refractivity contribution in [2.45, 2.75) is 6.10 Å². The van der Waals surface area contributed by atoms with Crippen LogP contribution in [0.15, 0.2) is 46.9 Å². The van der Waals surface area contributed by atoms with Crippen molar-refractivity contribution in [1.29, 1.82) is 0 Å². The highest BCUT2D eigenvalue weighted by molar-refractivity contribution is 9.10. The summed E-state index contributed by atoms with van der Waals surface area (Å²) in [5.74, 6) is 0.715. The maximum atomic E-state index is 13.1. The Morgan fingerprint density at radius 3 is 2.61 bits per heavy atom. The summed E-state index contributed by atoms with van der Waals surface area (Å²) in [5.41, 5.74) is 1.01. The van der Waals surface area contributed by atoms with Crippen LogP contribution in [0, 0.1) is 5.82 Å². The smallest absolute Gasteiger partial charge is 0.165 e. The molecule has 1 aliphatic heterocycles. The van der Waals surface area contributed by atoms with E-state index in [9.17, 15) is 4.39 Å². The molecule has 0 bridgehead atoms. The van der Waals surface area contributed by atoms with Crippen LogP contribution in [0.1, 0.15) is 11.7 Å². The monoisotopic (exact) mass is 308 g/mol. The largest absolute Gasteiger partial charge is 0.485 e. The van der Waals surface area contributed by atoms with Gasteiger partial charge in [0.1, 0.15) is 12.4 Å². The first-order valence-corrected chi connectivity index (χ1v) is 6.36. The number of halogens is 2. The van der Waals surface area contributed by atoms with Gasteiger partial charge in [-0.1, -0.05) is 28.1 Å². The molecular formula is C14H10BrFO2. The van der Waals surface area contributed by atoms with Crippen molar-refractivity contribution in [3.05, 3.63) is 58.3 Å². The number of fused-ring (bicyclic) bond motifs is 1. The van der Waals surface area contributed by atoms with E-state index in [1.54, 1.807) is 6.07 Å². The van der Waals surface area contributed by atoms with Gasteiger partial charge < -0.3 is 9.47 Å². The molecule has 0 aliphatic carbocycles. The molecule has 0 N–H and O–H groups in total. The highest BCUT2D eigenvalue weighted by atomic mass is 79.9. The van der Waals surface area contributed by atoms with Gasteiger partial charge in [0.25, 0.3) is 0 Å². The maximum Gasteiger partial charge on any atom is 0.165 e. The first-order chi connectivity index (χ1) is 8.72. The molecule has 0 aromatic heterocycles. The van der Waals surface area contributed by atoms with E-state index >= 15 is 0 Å². The molecule has 3 rings (SSSR count). The van der Waals surface area contributed by atoms with Crippen LogP contribution in [0.5, 0.6) is 11.5 Å². The fraction of sp³-hybridized carbons (Fsp3) is 0.143. The van der Waals surface area contributed by atoms with E-state index in [1.165, 1.54) is 12.1 Å². The van der Waals surface area contributed by atoms with Crippen LogP contribution in [0.3, 0.4) is 0 Å². The van der Waals surface area contributed by atoms with Crippen LogP contribution < -0.4 is 9.47 Å². The fourth-order valence-electron chi connectivity index (χ4n) is 1.89. The molecule has 0 saturated heterocycles. The van der Waals surface area contributed by atoms with Crippen molar-refractivity contribution in [3.8, 4) is 11.5 Å². The molecular weight excluding hydrogens is 299 g/mol. The number of rotatable bonds is 1. The Labute approximate surface area is 112 Å². The molecule has 18 heavy (non-hydrogen) atoms. The van der Waals surface area contributed by atoms with Gasteiger partial charge in [-0.15, -0.1) is 0 Å².